The van der Waals surface area contributed by atoms with Crippen LogP contribution in [0.25, 0.3) is 11.1 Å². The van der Waals surface area contributed by atoms with Crippen molar-refractivity contribution >= 4 is 9.84 Å². The van der Waals surface area contributed by atoms with Crippen LogP contribution in [0.4, 0.5) is 8.78 Å². The average molecular weight is 422 g/mol. The second kappa shape index (κ2) is 7.78. The van der Waals surface area contributed by atoms with E-state index in [9.17, 15) is 17.2 Å². The summed E-state index contributed by atoms with van der Waals surface area (Å²) in [5.74, 6) is -1.81. The van der Waals surface area contributed by atoms with Crippen LogP contribution < -0.4 is 0 Å². The van der Waals surface area contributed by atoms with Gasteiger partial charge in [-0.25, -0.2) is 17.2 Å². The molecule has 2 aromatic carbocycles. The minimum Gasteiger partial charge on any atom is -0.348 e. The number of hydrogen-bond acceptors (Lipinski definition) is 4. The van der Waals surface area contributed by atoms with Crippen LogP contribution in [0.1, 0.15) is 32.6 Å². The van der Waals surface area contributed by atoms with Gasteiger partial charge >= 0.3 is 0 Å². The van der Waals surface area contributed by atoms with E-state index in [1.165, 1.54) is 24.3 Å². The van der Waals surface area contributed by atoms with E-state index in [1.807, 2.05) is 0 Å². The summed E-state index contributed by atoms with van der Waals surface area (Å²) < 4.78 is 64.8. The Morgan fingerprint density at radius 3 is 2.21 bits per heavy atom. The molecule has 2 fully saturated rings. The highest BCUT2D eigenvalue weighted by Gasteiger charge is 2.43. The van der Waals surface area contributed by atoms with E-state index in [0.717, 1.165) is 18.9 Å². The van der Waals surface area contributed by atoms with Gasteiger partial charge in [0.1, 0.15) is 11.6 Å². The summed E-state index contributed by atoms with van der Waals surface area (Å²) in [6.45, 7) is 2.95. The lowest BCUT2D eigenvalue weighted by atomic mass is 9.83. The third-order valence-electron chi connectivity index (χ3n) is 6.18. The van der Waals surface area contributed by atoms with Crippen molar-refractivity contribution in [3.05, 3.63) is 54.1 Å². The van der Waals surface area contributed by atoms with E-state index in [2.05, 4.69) is 0 Å². The summed E-state index contributed by atoms with van der Waals surface area (Å²) >= 11 is 0. The molecule has 1 saturated heterocycles. The fraction of sp³-hybridized carbons (Fsp3) is 0.455. The highest BCUT2D eigenvalue weighted by Crippen LogP contribution is 2.41. The zero-order valence-corrected chi connectivity index (χ0v) is 17.1. The van der Waals surface area contributed by atoms with Gasteiger partial charge in [-0.2, -0.15) is 0 Å². The van der Waals surface area contributed by atoms with Crippen molar-refractivity contribution in [2.24, 2.45) is 5.92 Å². The Hall–Kier alpha value is -1.83. The molecule has 7 heteroatoms. The summed E-state index contributed by atoms with van der Waals surface area (Å²) in [7, 11) is -3.52. The predicted molar refractivity (Wildman–Crippen MR) is 105 cm³/mol. The number of halogens is 2. The average Bonchev–Trinajstić information content (AvgIpc) is 3.16. The molecule has 1 saturated carbocycles. The lowest BCUT2D eigenvalue weighted by Crippen LogP contribution is -2.39. The number of rotatable bonds is 4. The van der Waals surface area contributed by atoms with Crippen molar-refractivity contribution in [2.45, 2.75) is 48.5 Å². The van der Waals surface area contributed by atoms with Gasteiger partial charge in [0.05, 0.1) is 23.4 Å². The van der Waals surface area contributed by atoms with Crippen molar-refractivity contribution in [2.75, 3.05) is 13.2 Å². The number of ether oxygens (including phenoxy) is 2. The maximum absolute atomic E-state index is 14.0. The molecule has 0 aromatic heterocycles. The van der Waals surface area contributed by atoms with Crippen LogP contribution in [0.5, 0.6) is 0 Å². The summed E-state index contributed by atoms with van der Waals surface area (Å²) in [5.41, 5.74) is 0.738. The van der Waals surface area contributed by atoms with Gasteiger partial charge in [0, 0.05) is 24.5 Å². The number of benzene rings is 2. The molecular formula is C22H24F2O4S. The van der Waals surface area contributed by atoms with Crippen molar-refractivity contribution < 1.29 is 26.7 Å². The Kier molecular flexibility index (Phi) is 5.48. The van der Waals surface area contributed by atoms with Crippen molar-refractivity contribution in [3.8, 4) is 11.1 Å². The van der Waals surface area contributed by atoms with Crippen LogP contribution in [-0.2, 0) is 19.3 Å². The van der Waals surface area contributed by atoms with E-state index < -0.39 is 32.5 Å². The topological polar surface area (TPSA) is 52.6 Å². The van der Waals surface area contributed by atoms with Crippen LogP contribution in [0.2, 0.25) is 0 Å². The summed E-state index contributed by atoms with van der Waals surface area (Å²) in [5, 5.41) is -0.533. The SMILES string of the molecule is CC(C1CCC2(CC1)OCCO2)S(=O)(=O)c1ccc(-c2ccc(F)cc2F)cc1. The largest absolute Gasteiger partial charge is 0.348 e. The summed E-state index contributed by atoms with van der Waals surface area (Å²) in [6.07, 6.45) is 2.89. The van der Waals surface area contributed by atoms with E-state index in [4.69, 9.17) is 9.47 Å². The van der Waals surface area contributed by atoms with Crippen molar-refractivity contribution in [1.82, 2.24) is 0 Å². The quantitative estimate of drug-likeness (QED) is 0.715. The minimum absolute atomic E-state index is 0.0349. The molecule has 2 aromatic rings. The standard InChI is InChI=1S/C22H24F2O4S/c1-15(16-8-10-22(11-9-16)27-12-13-28-22)29(25,26)19-5-2-17(3-6-19)20-7-4-18(23)14-21(20)24/h2-7,14-16H,8-13H2,1H3. The highest BCUT2D eigenvalue weighted by atomic mass is 32.2. The molecule has 156 valence electrons. The zero-order valence-electron chi connectivity index (χ0n) is 16.2. The molecule has 4 rings (SSSR count). The fourth-order valence-electron chi connectivity index (χ4n) is 4.35. The monoisotopic (exact) mass is 422 g/mol. The van der Waals surface area contributed by atoms with Crippen molar-refractivity contribution in [1.29, 1.82) is 0 Å². The Bertz CT molecular complexity index is 972. The number of sulfone groups is 1. The van der Waals surface area contributed by atoms with E-state index in [0.29, 0.717) is 31.6 Å². The molecule has 1 aliphatic heterocycles. The summed E-state index contributed by atoms with van der Waals surface area (Å²) in [6, 6.07) is 9.46. The molecule has 0 bridgehead atoms. The molecule has 1 aliphatic carbocycles. The third-order valence-corrected chi connectivity index (χ3v) is 8.48. The Morgan fingerprint density at radius 2 is 1.62 bits per heavy atom. The molecule has 1 atom stereocenters. The van der Waals surface area contributed by atoms with Gasteiger partial charge in [0.15, 0.2) is 15.6 Å². The smallest absolute Gasteiger partial charge is 0.181 e. The minimum atomic E-state index is -3.52. The summed E-state index contributed by atoms with van der Waals surface area (Å²) in [4.78, 5) is 0.213. The maximum atomic E-state index is 14.0. The lowest BCUT2D eigenvalue weighted by Gasteiger charge is -2.37. The molecule has 0 radical (unpaired) electrons. The molecular weight excluding hydrogens is 398 g/mol. The van der Waals surface area contributed by atoms with Crippen LogP contribution >= 0.6 is 0 Å². The second-order valence-electron chi connectivity index (χ2n) is 7.84. The Morgan fingerprint density at radius 1 is 1.00 bits per heavy atom. The first-order valence-corrected chi connectivity index (χ1v) is 11.4. The first kappa shape index (κ1) is 20.4. The predicted octanol–water partition coefficient (Wildman–Crippen LogP) is 4.73. The molecule has 0 N–H and O–H groups in total. The zero-order chi connectivity index (χ0) is 20.6. The molecule has 2 aliphatic rings. The normalized spacial score (nSPS) is 20.8. The van der Waals surface area contributed by atoms with Gasteiger partial charge in [-0.05, 0) is 55.5 Å². The van der Waals surface area contributed by atoms with E-state index in [-0.39, 0.29) is 16.4 Å². The first-order chi connectivity index (χ1) is 13.8. The number of hydrogen-bond donors (Lipinski definition) is 0. The van der Waals surface area contributed by atoms with Gasteiger partial charge in [-0.1, -0.05) is 12.1 Å². The molecule has 29 heavy (non-hydrogen) atoms. The van der Waals surface area contributed by atoms with Crippen molar-refractivity contribution in [3.63, 3.8) is 0 Å². The second-order valence-corrected chi connectivity index (χ2v) is 10.1. The van der Waals surface area contributed by atoms with E-state index >= 15 is 0 Å². The van der Waals surface area contributed by atoms with Crippen LogP contribution in [0.3, 0.4) is 0 Å². The molecule has 0 amide bonds. The van der Waals surface area contributed by atoms with Gasteiger partial charge in [-0.3, -0.25) is 0 Å². The fourth-order valence-corrected chi connectivity index (χ4v) is 6.07. The third kappa shape index (κ3) is 3.96. The van der Waals surface area contributed by atoms with Gasteiger partial charge in [0.25, 0.3) is 0 Å². The molecule has 4 nitrogen and oxygen atoms in total. The first-order valence-electron chi connectivity index (χ1n) is 9.88. The van der Waals surface area contributed by atoms with Gasteiger partial charge in [0.2, 0.25) is 0 Å². The maximum Gasteiger partial charge on any atom is 0.181 e. The molecule has 1 unspecified atom stereocenters. The van der Waals surface area contributed by atoms with Crippen LogP contribution in [0, 0.1) is 17.6 Å². The lowest BCUT2D eigenvalue weighted by molar-refractivity contribution is -0.182. The Balaban J connectivity index is 1.49. The van der Waals surface area contributed by atoms with Crippen LogP contribution in [-0.4, -0.2) is 32.7 Å². The Labute approximate surface area is 169 Å². The van der Waals surface area contributed by atoms with Gasteiger partial charge in [-0.15, -0.1) is 0 Å². The highest BCUT2D eigenvalue weighted by molar-refractivity contribution is 7.92. The molecule has 1 heterocycles. The van der Waals surface area contributed by atoms with Gasteiger partial charge < -0.3 is 9.47 Å². The van der Waals surface area contributed by atoms with E-state index in [1.54, 1.807) is 19.1 Å². The molecule has 1 spiro atoms. The van der Waals surface area contributed by atoms with Crippen LogP contribution in [0.15, 0.2) is 47.4 Å².